The highest BCUT2D eigenvalue weighted by Crippen LogP contribution is 2.35. The molecular formula is C12H19N3OS. The van der Waals surface area contributed by atoms with Crippen molar-refractivity contribution in [1.82, 2.24) is 4.98 Å². The van der Waals surface area contributed by atoms with Crippen LogP contribution in [0.5, 0.6) is 0 Å². The smallest absolute Gasteiger partial charge is 0.186 e. The van der Waals surface area contributed by atoms with Gasteiger partial charge in [-0.1, -0.05) is 0 Å². The van der Waals surface area contributed by atoms with Crippen LogP contribution in [0.2, 0.25) is 0 Å². The third kappa shape index (κ3) is 2.19. The maximum Gasteiger partial charge on any atom is 0.186 e. The normalized spacial score (nSPS) is 29.2. The monoisotopic (exact) mass is 253 g/mol. The van der Waals surface area contributed by atoms with E-state index in [1.807, 2.05) is 11.3 Å². The molecule has 2 unspecified atom stereocenters. The molecule has 1 aromatic rings. The number of fused-ring (bicyclic) bond motifs is 1. The van der Waals surface area contributed by atoms with Gasteiger partial charge in [0.25, 0.3) is 0 Å². The highest BCUT2D eigenvalue weighted by molar-refractivity contribution is 7.15. The van der Waals surface area contributed by atoms with Gasteiger partial charge in [-0.15, -0.1) is 11.3 Å². The van der Waals surface area contributed by atoms with E-state index >= 15 is 0 Å². The second-order valence-electron chi connectivity index (χ2n) is 4.93. The third-order valence-electron chi connectivity index (χ3n) is 3.50. The maximum atomic E-state index is 6.12. The minimum atomic E-state index is 0.155. The number of ether oxygens (including phenoxy) is 1. The molecule has 1 aromatic heterocycles. The molecule has 94 valence electrons. The van der Waals surface area contributed by atoms with E-state index in [9.17, 15) is 0 Å². The van der Waals surface area contributed by atoms with Crippen LogP contribution in [0.1, 0.15) is 36.4 Å². The molecular weight excluding hydrogens is 234 g/mol. The zero-order valence-electron chi connectivity index (χ0n) is 10.2. The molecule has 2 atom stereocenters. The Labute approximate surface area is 106 Å². The zero-order valence-corrected chi connectivity index (χ0v) is 11.0. The van der Waals surface area contributed by atoms with Crippen molar-refractivity contribution in [2.75, 3.05) is 24.6 Å². The fourth-order valence-corrected chi connectivity index (χ4v) is 3.77. The standard InChI is InChI=1S/C12H19N3OS/c1-8-7-15(5-6-16-8)12-14-11-9(13)3-2-4-10(11)17-12/h8-9H,2-7,13H2,1H3. The summed E-state index contributed by atoms with van der Waals surface area (Å²) in [6, 6.07) is 0.155. The van der Waals surface area contributed by atoms with Gasteiger partial charge in [-0.2, -0.15) is 0 Å². The van der Waals surface area contributed by atoms with Gasteiger partial charge in [-0.05, 0) is 26.2 Å². The second kappa shape index (κ2) is 4.55. The lowest BCUT2D eigenvalue weighted by atomic mass is 9.99. The Morgan fingerprint density at radius 3 is 3.18 bits per heavy atom. The van der Waals surface area contributed by atoms with Gasteiger partial charge in [0, 0.05) is 24.0 Å². The fraction of sp³-hybridized carbons (Fsp3) is 0.750. The highest BCUT2D eigenvalue weighted by atomic mass is 32.1. The number of rotatable bonds is 1. The van der Waals surface area contributed by atoms with Gasteiger partial charge in [0.2, 0.25) is 0 Å². The van der Waals surface area contributed by atoms with E-state index in [0.717, 1.165) is 43.4 Å². The van der Waals surface area contributed by atoms with Crippen LogP contribution in [0.25, 0.3) is 0 Å². The zero-order chi connectivity index (χ0) is 11.8. The number of aromatic nitrogens is 1. The van der Waals surface area contributed by atoms with E-state index in [1.165, 1.54) is 11.3 Å². The third-order valence-corrected chi connectivity index (χ3v) is 4.69. The molecule has 1 aliphatic heterocycles. The van der Waals surface area contributed by atoms with Gasteiger partial charge in [0.05, 0.1) is 18.4 Å². The molecule has 0 amide bonds. The van der Waals surface area contributed by atoms with Crippen molar-refractivity contribution in [3.05, 3.63) is 10.6 Å². The minimum absolute atomic E-state index is 0.155. The largest absolute Gasteiger partial charge is 0.375 e. The van der Waals surface area contributed by atoms with E-state index < -0.39 is 0 Å². The molecule has 2 N–H and O–H groups in total. The van der Waals surface area contributed by atoms with E-state index in [4.69, 9.17) is 15.5 Å². The average Bonchev–Trinajstić information content (AvgIpc) is 2.74. The van der Waals surface area contributed by atoms with Crippen molar-refractivity contribution < 1.29 is 4.74 Å². The van der Waals surface area contributed by atoms with Crippen molar-refractivity contribution in [3.63, 3.8) is 0 Å². The molecule has 1 fully saturated rings. The van der Waals surface area contributed by atoms with Crippen molar-refractivity contribution in [2.45, 2.75) is 38.3 Å². The van der Waals surface area contributed by atoms with Crippen LogP contribution in [0.3, 0.4) is 0 Å². The quantitative estimate of drug-likeness (QED) is 0.827. The first-order chi connectivity index (χ1) is 8.24. The minimum Gasteiger partial charge on any atom is -0.375 e. The molecule has 3 rings (SSSR count). The molecule has 17 heavy (non-hydrogen) atoms. The summed E-state index contributed by atoms with van der Waals surface area (Å²) in [5.74, 6) is 0. The van der Waals surface area contributed by atoms with Crippen molar-refractivity contribution >= 4 is 16.5 Å². The fourth-order valence-electron chi connectivity index (χ4n) is 2.57. The summed E-state index contributed by atoms with van der Waals surface area (Å²) in [5.41, 5.74) is 7.27. The summed E-state index contributed by atoms with van der Waals surface area (Å²) in [7, 11) is 0. The Bertz CT molecular complexity index is 406. The van der Waals surface area contributed by atoms with Gasteiger partial charge >= 0.3 is 0 Å². The van der Waals surface area contributed by atoms with Crippen LogP contribution >= 0.6 is 11.3 Å². The molecule has 4 nitrogen and oxygen atoms in total. The Kier molecular flexibility index (Phi) is 3.06. The van der Waals surface area contributed by atoms with Crippen LogP contribution in [0.4, 0.5) is 5.13 Å². The number of anilines is 1. The van der Waals surface area contributed by atoms with Gasteiger partial charge in [0.15, 0.2) is 5.13 Å². The first-order valence-electron chi connectivity index (χ1n) is 6.36. The van der Waals surface area contributed by atoms with Crippen molar-refractivity contribution in [1.29, 1.82) is 0 Å². The van der Waals surface area contributed by atoms with Gasteiger partial charge in [-0.3, -0.25) is 0 Å². The molecule has 2 heterocycles. The predicted molar refractivity (Wildman–Crippen MR) is 69.6 cm³/mol. The number of hydrogen-bond acceptors (Lipinski definition) is 5. The van der Waals surface area contributed by atoms with Crippen molar-refractivity contribution in [3.8, 4) is 0 Å². The number of aryl methyl sites for hydroxylation is 1. The van der Waals surface area contributed by atoms with Crippen LogP contribution in [-0.2, 0) is 11.2 Å². The Hall–Kier alpha value is -0.650. The molecule has 0 bridgehead atoms. The van der Waals surface area contributed by atoms with Crippen LogP contribution in [-0.4, -0.2) is 30.8 Å². The summed E-state index contributed by atoms with van der Waals surface area (Å²) in [4.78, 5) is 8.49. The number of nitrogens with zero attached hydrogens (tertiary/aromatic N) is 2. The molecule has 0 aromatic carbocycles. The number of morpholine rings is 1. The number of thiazole rings is 1. The summed E-state index contributed by atoms with van der Waals surface area (Å²) in [6.45, 7) is 4.82. The summed E-state index contributed by atoms with van der Waals surface area (Å²) < 4.78 is 5.56. The van der Waals surface area contributed by atoms with E-state index in [2.05, 4.69) is 11.8 Å². The number of hydrogen-bond donors (Lipinski definition) is 1. The highest BCUT2D eigenvalue weighted by Gasteiger charge is 2.25. The first-order valence-corrected chi connectivity index (χ1v) is 7.17. The lowest BCUT2D eigenvalue weighted by Crippen LogP contribution is -2.41. The van der Waals surface area contributed by atoms with Gasteiger partial charge in [0.1, 0.15) is 0 Å². The Morgan fingerprint density at radius 1 is 1.53 bits per heavy atom. The topological polar surface area (TPSA) is 51.4 Å². The maximum absolute atomic E-state index is 6.12. The molecule has 1 saturated heterocycles. The van der Waals surface area contributed by atoms with Crippen molar-refractivity contribution in [2.24, 2.45) is 5.73 Å². The second-order valence-corrected chi connectivity index (χ2v) is 5.99. The summed E-state index contributed by atoms with van der Waals surface area (Å²) >= 11 is 1.83. The number of nitrogens with two attached hydrogens (primary N) is 1. The van der Waals surface area contributed by atoms with Crippen LogP contribution < -0.4 is 10.6 Å². The molecule has 1 aliphatic carbocycles. The lowest BCUT2D eigenvalue weighted by Gasteiger charge is -2.30. The molecule has 0 saturated carbocycles. The SMILES string of the molecule is CC1CN(c2nc3c(s2)CCCC3N)CCO1. The van der Waals surface area contributed by atoms with Gasteiger partial charge in [-0.25, -0.2) is 4.98 Å². The average molecular weight is 253 g/mol. The summed E-state index contributed by atoms with van der Waals surface area (Å²) in [5, 5.41) is 1.14. The molecule has 5 heteroatoms. The Balaban J connectivity index is 1.83. The molecule has 0 radical (unpaired) electrons. The van der Waals surface area contributed by atoms with E-state index in [1.54, 1.807) is 0 Å². The molecule has 0 spiro atoms. The van der Waals surface area contributed by atoms with Crippen LogP contribution in [0, 0.1) is 0 Å². The van der Waals surface area contributed by atoms with Crippen LogP contribution in [0.15, 0.2) is 0 Å². The summed E-state index contributed by atoms with van der Waals surface area (Å²) in [6.07, 6.45) is 3.74. The Morgan fingerprint density at radius 2 is 2.41 bits per heavy atom. The van der Waals surface area contributed by atoms with Gasteiger partial charge < -0.3 is 15.4 Å². The first kappa shape index (κ1) is 11.4. The van der Waals surface area contributed by atoms with E-state index in [0.29, 0.717) is 6.10 Å². The molecule has 2 aliphatic rings. The van der Waals surface area contributed by atoms with E-state index in [-0.39, 0.29) is 6.04 Å². The lowest BCUT2D eigenvalue weighted by molar-refractivity contribution is 0.0532. The predicted octanol–water partition coefficient (Wildman–Crippen LogP) is 1.70.